The van der Waals surface area contributed by atoms with Crippen LogP contribution in [0.2, 0.25) is 0 Å². The molecular weight excluding hydrogens is 438 g/mol. The number of hydrogen-bond acceptors (Lipinski definition) is 8. The number of imidazole rings is 1. The number of carbonyl (C=O) groups excluding carboxylic acids is 2. The van der Waals surface area contributed by atoms with Gasteiger partial charge in [-0.25, -0.2) is 4.98 Å². The number of azo groups is 1. The van der Waals surface area contributed by atoms with Crippen molar-refractivity contribution in [1.82, 2.24) is 9.97 Å². The Labute approximate surface area is 192 Å². The Morgan fingerprint density at radius 1 is 1.18 bits per heavy atom. The van der Waals surface area contributed by atoms with Crippen molar-refractivity contribution in [3.05, 3.63) is 71.5 Å². The van der Waals surface area contributed by atoms with Gasteiger partial charge >= 0.3 is 0 Å². The first-order chi connectivity index (χ1) is 16.4. The molecule has 0 spiro atoms. The van der Waals surface area contributed by atoms with Crippen molar-refractivity contribution in [3.63, 3.8) is 0 Å². The van der Waals surface area contributed by atoms with Crippen LogP contribution >= 0.6 is 0 Å². The monoisotopic (exact) mass is 455 g/mol. The molecular formula is C23H17N7O4. The number of ether oxygens (including phenoxy) is 1. The standard InChI is InChI=1S/C23H17N7O4/c1-34-14-8-6-13(7-9-14)26-22(33)16-10-12-4-2-3-5-15(12)18(20(16)31)29-30-23-27-17(11-24)19(28-23)21(25)32/h2-10,31H,1H3,(H2,25,32)(H,26,33)(H,27,28)/b30-29+. The van der Waals surface area contributed by atoms with E-state index in [0.29, 0.717) is 22.2 Å². The second kappa shape index (κ2) is 9.09. The number of H-pyrrole nitrogens is 1. The molecule has 3 aromatic carbocycles. The molecule has 0 radical (unpaired) electrons. The van der Waals surface area contributed by atoms with Gasteiger partial charge in [-0.1, -0.05) is 24.3 Å². The number of nitrogens with one attached hydrogen (secondary N) is 2. The Balaban J connectivity index is 1.74. The van der Waals surface area contributed by atoms with Crippen LogP contribution in [0.4, 0.5) is 17.3 Å². The van der Waals surface area contributed by atoms with Crippen molar-refractivity contribution in [2.75, 3.05) is 12.4 Å². The summed E-state index contributed by atoms with van der Waals surface area (Å²) in [5.41, 5.74) is 5.24. The minimum atomic E-state index is -0.903. The van der Waals surface area contributed by atoms with Crippen LogP contribution in [0.5, 0.6) is 11.5 Å². The lowest BCUT2D eigenvalue weighted by Gasteiger charge is -2.11. The van der Waals surface area contributed by atoms with Gasteiger partial charge in [-0.05, 0) is 35.7 Å². The van der Waals surface area contributed by atoms with E-state index in [9.17, 15) is 14.7 Å². The molecule has 0 saturated heterocycles. The molecule has 0 aliphatic carbocycles. The molecule has 11 nitrogen and oxygen atoms in total. The number of primary amides is 1. The fourth-order valence-electron chi connectivity index (χ4n) is 3.23. The minimum absolute atomic E-state index is 0.00788. The number of aromatic amines is 1. The SMILES string of the molecule is COc1ccc(NC(=O)c2cc3ccccc3c(/N=N/c3nc(C(N)=O)c(C#N)[nH]3)c2O)cc1. The van der Waals surface area contributed by atoms with Crippen molar-refractivity contribution in [2.24, 2.45) is 16.0 Å². The van der Waals surface area contributed by atoms with Gasteiger partial charge in [-0.2, -0.15) is 5.26 Å². The summed E-state index contributed by atoms with van der Waals surface area (Å²) in [6.07, 6.45) is 0. The van der Waals surface area contributed by atoms with Gasteiger partial charge in [0, 0.05) is 11.1 Å². The first-order valence-electron chi connectivity index (χ1n) is 9.83. The number of methoxy groups -OCH3 is 1. The normalized spacial score (nSPS) is 10.8. The quantitative estimate of drug-likeness (QED) is 0.320. The first kappa shape index (κ1) is 22.0. The summed E-state index contributed by atoms with van der Waals surface area (Å²) in [6.45, 7) is 0. The van der Waals surface area contributed by atoms with Crippen molar-refractivity contribution in [1.29, 1.82) is 5.26 Å². The molecule has 0 bridgehead atoms. The average molecular weight is 455 g/mol. The molecule has 1 aromatic heterocycles. The Morgan fingerprint density at radius 3 is 2.56 bits per heavy atom. The number of phenolic OH excluding ortho intramolecular Hbond substituents is 1. The zero-order valence-corrected chi connectivity index (χ0v) is 17.7. The Morgan fingerprint density at radius 2 is 1.91 bits per heavy atom. The van der Waals surface area contributed by atoms with E-state index in [1.54, 1.807) is 54.6 Å². The minimum Gasteiger partial charge on any atom is -0.505 e. The highest BCUT2D eigenvalue weighted by molar-refractivity contribution is 6.11. The summed E-state index contributed by atoms with van der Waals surface area (Å²) in [5.74, 6) is -1.41. The van der Waals surface area contributed by atoms with Crippen LogP contribution in [0.25, 0.3) is 10.8 Å². The zero-order valence-electron chi connectivity index (χ0n) is 17.7. The number of phenols is 1. The highest BCUT2D eigenvalue weighted by Gasteiger charge is 2.19. The number of nitriles is 1. The fraction of sp³-hybridized carbons (Fsp3) is 0.0435. The van der Waals surface area contributed by atoms with Gasteiger partial charge in [0.25, 0.3) is 11.8 Å². The van der Waals surface area contributed by atoms with Crippen LogP contribution in [0.15, 0.2) is 64.8 Å². The Kier molecular flexibility index (Phi) is 5.88. The second-order valence-electron chi connectivity index (χ2n) is 6.99. The summed E-state index contributed by atoms with van der Waals surface area (Å²) in [7, 11) is 1.54. The van der Waals surface area contributed by atoms with E-state index in [0.717, 1.165) is 0 Å². The summed E-state index contributed by atoms with van der Waals surface area (Å²) in [4.78, 5) is 30.7. The number of fused-ring (bicyclic) bond motifs is 1. The lowest BCUT2D eigenvalue weighted by molar-refractivity contribution is 0.0993. The van der Waals surface area contributed by atoms with Gasteiger partial charge in [0.1, 0.15) is 17.5 Å². The largest absolute Gasteiger partial charge is 0.505 e. The number of nitrogens with zero attached hydrogens (tertiary/aromatic N) is 4. The van der Waals surface area contributed by atoms with Crippen LogP contribution in [0.1, 0.15) is 26.5 Å². The highest BCUT2D eigenvalue weighted by Crippen LogP contribution is 2.39. The van der Waals surface area contributed by atoms with Crippen LogP contribution in [0.3, 0.4) is 0 Å². The number of benzene rings is 3. The first-order valence-corrected chi connectivity index (χ1v) is 9.83. The number of anilines is 1. The van der Waals surface area contributed by atoms with E-state index < -0.39 is 17.6 Å². The molecule has 4 aromatic rings. The summed E-state index contributed by atoms with van der Waals surface area (Å²) < 4.78 is 5.11. The summed E-state index contributed by atoms with van der Waals surface area (Å²) >= 11 is 0. The molecule has 0 unspecified atom stereocenters. The van der Waals surface area contributed by atoms with Gasteiger partial charge in [-0.15, -0.1) is 10.2 Å². The highest BCUT2D eigenvalue weighted by atomic mass is 16.5. The molecule has 0 aliphatic heterocycles. The van der Waals surface area contributed by atoms with Gasteiger partial charge in [-0.3, -0.25) is 9.59 Å². The molecule has 0 saturated carbocycles. The van der Waals surface area contributed by atoms with Gasteiger partial charge in [0.2, 0.25) is 5.95 Å². The molecule has 0 fully saturated rings. The lowest BCUT2D eigenvalue weighted by atomic mass is 10.0. The second-order valence-corrected chi connectivity index (χ2v) is 6.99. The maximum absolute atomic E-state index is 12.9. The van der Waals surface area contributed by atoms with Crippen LogP contribution < -0.4 is 15.8 Å². The molecule has 0 aliphatic rings. The van der Waals surface area contributed by atoms with Gasteiger partial charge < -0.3 is 25.9 Å². The smallest absolute Gasteiger partial charge is 0.270 e. The van der Waals surface area contributed by atoms with E-state index in [1.165, 1.54) is 13.2 Å². The molecule has 4 rings (SSSR count). The molecule has 11 heteroatoms. The third-order valence-electron chi connectivity index (χ3n) is 4.87. The van der Waals surface area contributed by atoms with E-state index in [1.807, 2.05) is 0 Å². The van der Waals surface area contributed by atoms with E-state index in [4.69, 9.17) is 15.7 Å². The number of carbonyl (C=O) groups is 2. The van der Waals surface area contributed by atoms with Crippen LogP contribution in [-0.4, -0.2) is 34.0 Å². The number of amides is 2. The molecule has 5 N–H and O–H groups in total. The van der Waals surface area contributed by atoms with E-state index in [2.05, 4.69) is 25.5 Å². The van der Waals surface area contributed by atoms with Gasteiger partial charge in [0.15, 0.2) is 17.1 Å². The number of rotatable bonds is 6. The third-order valence-corrected chi connectivity index (χ3v) is 4.87. The van der Waals surface area contributed by atoms with Crippen LogP contribution in [0, 0.1) is 11.3 Å². The van der Waals surface area contributed by atoms with E-state index in [-0.39, 0.29) is 28.6 Å². The molecule has 168 valence electrons. The van der Waals surface area contributed by atoms with Crippen molar-refractivity contribution in [3.8, 4) is 17.6 Å². The van der Waals surface area contributed by atoms with Crippen molar-refractivity contribution in [2.45, 2.75) is 0 Å². The van der Waals surface area contributed by atoms with Gasteiger partial charge in [0.05, 0.1) is 12.7 Å². The topological polar surface area (TPSA) is 179 Å². The predicted octanol–water partition coefficient (Wildman–Crippen LogP) is 3.92. The molecule has 0 atom stereocenters. The van der Waals surface area contributed by atoms with Crippen molar-refractivity contribution < 1.29 is 19.4 Å². The number of aromatic hydroxyl groups is 1. The van der Waals surface area contributed by atoms with Crippen molar-refractivity contribution >= 4 is 39.9 Å². The maximum atomic E-state index is 12.9. The molecule has 34 heavy (non-hydrogen) atoms. The average Bonchev–Trinajstić information content (AvgIpc) is 3.27. The van der Waals surface area contributed by atoms with Crippen LogP contribution in [-0.2, 0) is 0 Å². The summed E-state index contributed by atoms with van der Waals surface area (Å²) in [5, 5.41) is 31.8. The lowest BCUT2D eigenvalue weighted by Crippen LogP contribution is -2.12. The zero-order chi connectivity index (χ0) is 24.2. The third kappa shape index (κ3) is 4.23. The maximum Gasteiger partial charge on any atom is 0.270 e. The van der Waals surface area contributed by atoms with E-state index >= 15 is 0 Å². The predicted molar refractivity (Wildman–Crippen MR) is 123 cm³/mol. The number of aromatic nitrogens is 2. The number of hydrogen-bond donors (Lipinski definition) is 4. The number of nitrogens with two attached hydrogens (primary N) is 1. The summed E-state index contributed by atoms with van der Waals surface area (Å²) in [6, 6.07) is 17.0. The molecule has 1 heterocycles. The Bertz CT molecular complexity index is 1480. The molecule has 2 amide bonds. The fourth-order valence-corrected chi connectivity index (χ4v) is 3.23. The Hall–Kier alpha value is -5.24.